The number of hydrogen-bond acceptors (Lipinski definition) is 0. The summed E-state index contributed by atoms with van der Waals surface area (Å²) in [5.41, 5.74) is 8.11. The van der Waals surface area contributed by atoms with Gasteiger partial charge in [-0.2, -0.15) is 0 Å². The Morgan fingerprint density at radius 2 is 1.47 bits per heavy atom. The Bertz CT molecular complexity index is 583. The molecule has 0 aliphatic heterocycles. The number of fused-ring (bicyclic) bond motifs is 1. The van der Waals surface area contributed by atoms with Crippen LogP contribution in [-0.4, -0.2) is 0 Å². The highest BCUT2D eigenvalue weighted by molar-refractivity contribution is 5.89. The summed E-state index contributed by atoms with van der Waals surface area (Å²) < 4.78 is 0. The average molecular weight is 219 g/mol. The van der Waals surface area contributed by atoms with E-state index >= 15 is 0 Å². The minimum Gasteiger partial charge on any atom is -0.0676 e. The van der Waals surface area contributed by atoms with Crippen LogP contribution >= 0.6 is 0 Å². The lowest BCUT2D eigenvalue weighted by molar-refractivity contribution is 1.34. The maximum absolute atomic E-state index is 2.24. The summed E-state index contributed by atoms with van der Waals surface area (Å²) in [6.45, 7) is 4.37. The highest BCUT2D eigenvalue weighted by atomic mass is 14.2. The Labute approximate surface area is 103 Å². The SMILES string of the molecule is Cc1cccc(C)c1C1=C[CH]c2ccccc21. The van der Waals surface area contributed by atoms with Gasteiger partial charge in [-0.25, -0.2) is 0 Å². The van der Waals surface area contributed by atoms with E-state index in [0.29, 0.717) is 0 Å². The first-order valence-electron chi connectivity index (χ1n) is 5.98. The lowest BCUT2D eigenvalue weighted by Gasteiger charge is -2.12. The van der Waals surface area contributed by atoms with Crippen molar-refractivity contribution in [3.63, 3.8) is 0 Å². The molecule has 0 spiro atoms. The molecule has 3 rings (SSSR count). The van der Waals surface area contributed by atoms with Crippen LogP contribution in [0, 0.1) is 20.3 Å². The van der Waals surface area contributed by atoms with Crippen molar-refractivity contribution in [1.29, 1.82) is 0 Å². The molecule has 0 bridgehead atoms. The second-order valence-corrected chi connectivity index (χ2v) is 4.60. The third-order valence-corrected chi connectivity index (χ3v) is 3.43. The highest BCUT2D eigenvalue weighted by Gasteiger charge is 2.17. The molecule has 2 aromatic carbocycles. The molecule has 0 N–H and O–H groups in total. The summed E-state index contributed by atoms with van der Waals surface area (Å²) in [6, 6.07) is 15.1. The fourth-order valence-corrected chi connectivity index (χ4v) is 2.61. The number of hydrogen-bond donors (Lipinski definition) is 0. The van der Waals surface area contributed by atoms with Crippen LogP contribution in [0.1, 0.15) is 27.8 Å². The molecule has 0 amide bonds. The normalized spacial score (nSPS) is 13.4. The Morgan fingerprint density at radius 3 is 2.24 bits per heavy atom. The summed E-state index contributed by atoms with van der Waals surface area (Å²) in [5.74, 6) is 0. The first-order chi connectivity index (χ1) is 8.27. The van der Waals surface area contributed by atoms with Gasteiger partial charge in [0.05, 0.1) is 0 Å². The molecule has 17 heavy (non-hydrogen) atoms. The lowest BCUT2D eigenvalue weighted by Crippen LogP contribution is -1.93. The molecule has 0 heterocycles. The molecular weight excluding hydrogens is 204 g/mol. The lowest BCUT2D eigenvalue weighted by atomic mass is 9.92. The van der Waals surface area contributed by atoms with Crippen molar-refractivity contribution in [1.82, 2.24) is 0 Å². The third-order valence-electron chi connectivity index (χ3n) is 3.43. The standard InChI is InChI=1S/C17H15/c1-12-6-5-7-13(2)17(12)16-11-10-14-8-3-4-9-15(14)16/h3-11H,1-2H3. The van der Waals surface area contributed by atoms with Crippen LogP contribution in [0.3, 0.4) is 0 Å². The summed E-state index contributed by atoms with van der Waals surface area (Å²) >= 11 is 0. The second-order valence-electron chi connectivity index (χ2n) is 4.60. The molecule has 0 heteroatoms. The number of allylic oxidation sites excluding steroid dienone is 1. The van der Waals surface area contributed by atoms with Crippen molar-refractivity contribution >= 4 is 5.57 Å². The Kier molecular flexibility index (Phi) is 2.36. The van der Waals surface area contributed by atoms with E-state index in [0.717, 1.165) is 0 Å². The molecule has 0 nitrogen and oxygen atoms in total. The van der Waals surface area contributed by atoms with Crippen LogP contribution in [0.2, 0.25) is 0 Å². The monoisotopic (exact) mass is 219 g/mol. The largest absolute Gasteiger partial charge is 0.0676 e. The maximum Gasteiger partial charge on any atom is 0.0138 e. The van der Waals surface area contributed by atoms with Gasteiger partial charge in [0.25, 0.3) is 0 Å². The number of rotatable bonds is 1. The van der Waals surface area contributed by atoms with Crippen molar-refractivity contribution in [3.05, 3.63) is 82.8 Å². The second kappa shape index (κ2) is 3.89. The zero-order valence-corrected chi connectivity index (χ0v) is 10.2. The molecule has 0 atom stereocenters. The first kappa shape index (κ1) is 10.3. The van der Waals surface area contributed by atoms with Crippen LogP contribution in [-0.2, 0) is 0 Å². The molecule has 0 unspecified atom stereocenters. The van der Waals surface area contributed by atoms with Crippen molar-refractivity contribution in [2.75, 3.05) is 0 Å². The third kappa shape index (κ3) is 1.61. The quantitative estimate of drug-likeness (QED) is 0.670. The smallest absolute Gasteiger partial charge is 0.0138 e. The minimum absolute atomic E-state index is 1.32. The predicted octanol–water partition coefficient (Wildman–Crippen LogP) is 4.30. The van der Waals surface area contributed by atoms with Crippen molar-refractivity contribution < 1.29 is 0 Å². The molecule has 2 aromatic rings. The van der Waals surface area contributed by atoms with E-state index < -0.39 is 0 Å². The average Bonchev–Trinajstić information content (AvgIpc) is 2.73. The van der Waals surface area contributed by atoms with Crippen molar-refractivity contribution in [2.24, 2.45) is 0 Å². The fourth-order valence-electron chi connectivity index (χ4n) is 2.61. The van der Waals surface area contributed by atoms with Crippen LogP contribution in [0.25, 0.3) is 5.57 Å². The zero-order valence-electron chi connectivity index (χ0n) is 10.2. The number of benzene rings is 2. The van der Waals surface area contributed by atoms with E-state index in [-0.39, 0.29) is 0 Å². The summed E-state index contributed by atoms with van der Waals surface area (Å²) in [7, 11) is 0. The van der Waals surface area contributed by atoms with E-state index in [9.17, 15) is 0 Å². The summed E-state index contributed by atoms with van der Waals surface area (Å²) in [6.07, 6.45) is 4.44. The molecule has 0 aromatic heterocycles. The van der Waals surface area contributed by atoms with Crippen LogP contribution in [0.4, 0.5) is 0 Å². The number of aryl methyl sites for hydroxylation is 2. The first-order valence-corrected chi connectivity index (χ1v) is 5.98. The van der Waals surface area contributed by atoms with Gasteiger partial charge >= 0.3 is 0 Å². The van der Waals surface area contributed by atoms with Crippen LogP contribution in [0.5, 0.6) is 0 Å². The molecule has 0 saturated carbocycles. The van der Waals surface area contributed by atoms with Gasteiger partial charge in [0, 0.05) is 6.42 Å². The topological polar surface area (TPSA) is 0 Å². The van der Waals surface area contributed by atoms with Gasteiger partial charge in [0.2, 0.25) is 0 Å². The molecule has 1 aliphatic rings. The van der Waals surface area contributed by atoms with E-state index in [4.69, 9.17) is 0 Å². The van der Waals surface area contributed by atoms with E-state index in [1.165, 1.54) is 33.4 Å². The zero-order chi connectivity index (χ0) is 11.8. The molecule has 1 aliphatic carbocycles. The van der Waals surface area contributed by atoms with Gasteiger partial charge in [0.15, 0.2) is 0 Å². The van der Waals surface area contributed by atoms with E-state index in [2.05, 4.69) is 68.8 Å². The van der Waals surface area contributed by atoms with Gasteiger partial charge in [-0.05, 0) is 47.2 Å². The van der Waals surface area contributed by atoms with Gasteiger partial charge in [-0.1, -0.05) is 48.5 Å². The van der Waals surface area contributed by atoms with E-state index in [1.54, 1.807) is 0 Å². The Morgan fingerprint density at radius 1 is 0.765 bits per heavy atom. The molecule has 0 saturated heterocycles. The van der Waals surface area contributed by atoms with Crippen LogP contribution < -0.4 is 0 Å². The van der Waals surface area contributed by atoms with Crippen molar-refractivity contribution in [2.45, 2.75) is 13.8 Å². The minimum atomic E-state index is 1.32. The van der Waals surface area contributed by atoms with E-state index in [1.807, 2.05) is 0 Å². The Hall–Kier alpha value is -1.82. The van der Waals surface area contributed by atoms with Crippen molar-refractivity contribution in [3.8, 4) is 0 Å². The maximum atomic E-state index is 2.24. The molecule has 83 valence electrons. The molecular formula is C17H15. The summed E-state index contributed by atoms with van der Waals surface area (Å²) in [4.78, 5) is 0. The predicted molar refractivity (Wildman–Crippen MR) is 72.8 cm³/mol. The van der Waals surface area contributed by atoms with Gasteiger partial charge in [-0.3, -0.25) is 0 Å². The fraction of sp³-hybridized carbons (Fsp3) is 0.118. The van der Waals surface area contributed by atoms with Gasteiger partial charge < -0.3 is 0 Å². The molecule has 0 fully saturated rings. The summed E-state index contributed by atoms with van der Waals surface area (Å²) in [5, 5.41) is 0. The van der Waals surface area contributed by atoms with Gasteiger partial charge in [0.1, 0.15) is 0 Å². The Balaban J connectivity index is 2.20. The van der Waals surface area contributed by atoms with Gasteiger partial charge in [-0.15, -0.1) is 0 Å². The van der Waals surface area contributed by atoms with Crippen LogP contribution in [0.15, 0.2) is 48.5 Å². The molecule has 1 radical (unpaired) electrons. The highest BCUT2D eigenvalue weighted by Crippen LogP contribution is 2.36.